The Morgan fingerprint density at radius 3 is 2.54 bits per heavy atom. The predicted octanol–water partition coefficient (Wildman–Crippen LogP) is 3.32. The summed E-state index contributed by atoms with van der Waals surface area (Å²) in [5.74, 6) is 0.0985. The van der Waals surface area contributed by atoms with Crippen molar-refractivity contribution in [3.8, 4) is 11.5 Å². The Hall–Kier alpha value is -2.50. The molecule has 0 bridgehead atoms. The Labute approximate surface area is 142 Å². The van der Waals surface area contributed by atoms with Crippen molar-refractivity contribution < 1.29 is 23.8 Å². The van der Waals surface area contributed by atoms with Gasteiger partial charge in [0.25, 0.3) is 0 Å². The van der Waals surface area contributed by atoms with Crippen LogP contribution in [0.25, 0.3) is 0 Å². The quantitative estimate of drug-likeness (QED) is 0.403. The maximum atomic E-state index is 11.9. The summed E-state index contributed by atoms with van der Waals surface area (Å²) in [5.41, 5.74) is 0.458. The number of anilines is 1. The summed E-state index contributed by atoms with van der Waals surface area (Å²) in [5, 5.41) is 2.64. The molecule has 1 rings (SSSR count). The number of ether oxygens (including phenoxy) is 3. The molecule has 0 atom stereocenters. The minimum absolute atomic E-state index is 0.370. The average Bonchev–Trinajstić information content (AvgIpc) is 2.59. The Balaban J connectivity index is 2.49. The normalized spacial score (nSPS) is 10.5. The zero-order chi connectivity index (χ0) is 17.8. The monoisotopic (exact) mass is 335 g/mol. The van der Waals surface area contributed by atoms with Crippen LogP contribution in [-0.4, -0.2) is 32.7 Å². The first-order chi connectivity index (χ1) is 11.6. The predicted molar refractivity (Wildman–Crippen MR) is 92.4 cm³/mol. The van der Waals surface area contributed by atoms with Crippen molar-refractivity contribution in [3.63, 3.8) is 0 Å². The van der Waals surface area contributed by atoms with E-state index in [1.54, 1.807) is 18.2 Å². The van der Waals surface area contributed by atoms with Gasteiger partial charge in [0.2, 0.25) is 5.91 Å². The lowest BCUT2D eigenvalue weighted by Crippen LogP contribution is -2.11. The zero-order valence-electron chi connectivity index (χ0n) is 14.5. The molecular weight excluding hydrogens is 310 g/mol. The summed E-state index contributed by atoms with van der Waals surface area (Å²) in [6, 6.07) is 5.04. The fourth-order valence-corrected chi connectivity index (χ4v) is 1.98. The lowest BCUT2D eigenvalue weighted by molar-refractivity contribution is -0.138. The minimum Gasteiger partial charge on any atom is -0.497 e. The van der Waals surface area contributed by atoms with Gasteiger partial charge in [0, 0.05) is 18.2 Å². The number of hydrogen-bond donors (Lipinski definition) is 1. The first-order valence-corrected chi connectivity index (χ1v) is 7.98. The minimum atomic E-state index is -0.528. The Bertz CT molecular complexity index is 569. The van der Waals surface area contributed by atoms with Gasteiger partial charge in [-0.1, -0.05) is 26.2 Å². The van der Waals surface area contributed by atoms with E-state index in [9.17, 15) is 9.59 Å². The van der Waals surface area contributed by atoms with Crippen LogP contribution >= 0.6 is 0 Å². The first kappa shape index (κ1) is 19.5. The Morgan fingerprint density at radius 2 is 1.88 bits per heavy atom. The van der Waals surface area contributed by atoms with Crippen LogP contribution in [0.3, 0.4) is 0 Å². The van der Waals surface area contributed by atoms with Gasteiger partial charge >= 0.3 is 5.97 Å². The van der Waals surface area contributed by atoms with E-state index in [4.69, 9.17) is 14.2 Å². The summed E-state index contributed by atoms with van der Waals surface area (Å²) < 4.78 is 15.3. The standard InChI is InChI=1S/C18H25NO5/c1-4-5-6-7-12-24-18(21)11-10-17(20)19-15-13-14(22-2)8-9-16(15)23-3/h8-11,13H,4-7,12H2,1-3H3,(H,19,20)/b11-10+. The molecule has 0 spiro atoms. The largest absolute Gasteiger partial charge is 0.497 e. The summed E-state index contributed by atoms with van der Waals surface area (Å²) in [6.45, 7) is 2.49. The number of rotatable bonds is 10. The van der Waals surface area contributed by atoms with Crippen molar-refractivity contribution in [2.45, 2.75) is 32.6 Å². The third kappa shape index (κ3) is 7.17. The van der Waals surface area contributed by atoms with E-state index in [0.29, 0.717) is 23.8 Å². The van der Waals surface area contributed by atoms with E-state index >= 15 is 0 Å². The molecule has 132 valence electrons. The molecule has 6 heteroatoms. The molecule has 1 amide bonds. The lowest BCUT2D eigenvalue weighted by Gasteiger charge is -2.10. The van der Waals surface area contributed by atoms with E-state index in [2.05, 4.69) is 12.2 Å². The maximum absolute atomic E-state index is 11.9. The molecule has 0 aliphatic heterocycles. The first-order valence-electron chi connectivity index (χ1n) is 7.98. The van der Waals surface area contributed by atoms with Gasteiger partial charge < -0.3 is 19.5 Å². The van der Waals surface area contributed by atoms with E-state index in [-0.39, 0.29) is 0 Å². The molecule has 0 aromatic heterocycles. The second kappa shape index (κ2) is 11.1. The number of esters is 1. The van der Waals surface area contributed by atoms with Crippen LogP contribution in [0.5, 0.6) is 11.5 Å². The van der Waals surface area contributed by atoms with Crippen LogP contribution in [-0.2, 0) is 14.3 Å². The van der Waals surface area contributed by atoms with Crippen molar-refractivity contribution in [1.82, 2.24) is 0 Å². The second-order valence-electron chi connectivity index (χ2n) is 5.12. The van der Waals surface area contributed by atoms with Gasteiger partial charge in [-0.15, -0.1) is 0 Å². The summed E-state index contributed by atoms with van der Waals surface area (Å²) in [4.78, 5) is 23.4. The van der Waals surface area contributed by atoms with Gasteiger partial charge in [0.15, 0.2) is 0 Å². The highest BCUT2D eigenvalue weighted by atomic mass is 16.5. The SMILES string of the molecule is CCCCCCOC(=O)/C=C/C(=O)Nc1cc(OC)ccc1OC. The van der Waals surface area contributed by atoms with Gasteiger partial charge in [-0.25, -0.2) is 4.79 Å². The average molecular weight is 335 g/mol. The smallest absolute Gasteiger partial charge is 0.330 e. The highest BCUT2D eigenvalue weighted by molar-refractivity contribution is 6.03. The van der Waals surface area contributed by atoms with Gasteiger partial charge in [-0.3, -0.25) is 4.79 Å². The molecule has 0 aliphatic rings. The zero-order valence-corrected chi connectivity index (χ0v) is 14.5. The van der Waals surface area contributed by atoms with E-state index in [0.717, 1.165) is 37.8 Å². The van der Waals surface area contributed by atoms with Gasteiger partial charge in [0.1, 0.15) is 11.5 Å². The Kier molecular flexibility index (Phi) is 9.04. The topological polar surface area (TPSA) is 73.9 Å². The molecule has 0 aliphatic carbocycles. The molecule has 0 radical (unpaired) electrons. The van der Waals surface area contributed by atoms with E-state index < -0.39 is 11.9 Å². The number of benzene rings is 1. The molecule has 24 heavy (non-hydrogen) atoms. The van der Waals surface area contributed by atoms with Crippen LogP contribution in [0.4, 0.5) is 5.69 Å². The third-order valence-corrected chi connectivity index (χ3v) is 3.28. The highest BCUT2D eigenvalue weighted by Gasteiger charge is 2.08. The molecule has 1 aromatic rings. The van der Waals surface area contributed by atoms with Gasteiger partial charge in [0.05, 0.1) is 26.5 Å². The molecule has 0 saturated heterocycles. The van der Waals surface area contributed by atoms with Crippen LogP contribution in [0, 0.1) is 0 Å². The van der Waals surface area contributed by atoms with Crippen molar-refractivity contribution in [2.75, 3.05) is 26.1 Å². The third-order valence-electron chi connectivity index (χ3n) is 3.28. The van der Waals surface area contributed by atoms with Crippen molar-refractivity contribution >= 4 is 17.6 Å². The van der Waals surface area contributed by atoms with Crippen molar-refractivity contribution in [3.05, 3.63) is 30.4 Å². The number of carbonyl (C=O) groups excluding carboxylic acids is 2. The summed E-state index contributed by atoms with van der Waals surface area (Å²) in [6.07, 6.45) is 6.36. The van der Waals surface area contributed by atoms with Crippen LogP contribution in [0.1, 0.15) is 32.6 Å². The fraction of sp³-hybridized carbons (Fsp3) is 0.444. The second-order valence-corrected chi connectivity index (χ2v) is 5.12. The maximum Gasteiger partial charge on any atom is 0.330 e. The molecule has 6 nitrogen and oxygen atoms in total. The molecule has 1 aromatic carbocycles. The molecule has 0 unspecified atom stereocenters. The molecule has 0 heterocycles. The molecule has 0 saturated carbocycles. The van der Waals surface area contributed by atoms with Crippen LogP contribution < -0.4 is 14.8 Å². The number of nitrogens with one attached hydrogen (secondary N) is 1. The molecular formula is C18H25NO5. The van der Waals surface area contributed by atoms with E-state index in [1.807, 2.05) is 0 Å². The van der Waals surface area contributed by atoms with Gasteiger partial charge in [-0.05, 0) is 18.6 Å². The Morgan fingerprint density at radius 1 is 1.08 bits per heavy atom. The summed E-state index contributed by atoms with van der Waals surface area (Å²) in [7, 11) is 3.03. The fourth-order valence-electron chi connectivity index (χ4n) is 1.98. The van der Waals surface area contributed by atoms with Crippen LogP contribution in [0.15, 0.2) is 30.4 Å². The van der Waals surface area contributed by atoms with E-state index in [1.165, 1.54) is 14.2 Å². The highest BCUT2D eigenvalue weighted by Crippen LogP contribution is 2.28. The number of unbranched alkanes of at least 4 members (excludes halogenated alkanes) is 3. The number of methoxy groups -OCH3 is 2. The number of hydrogen-bond acceptors (Lipinski definition) is 5. The molecule has 0 fully saturated rings. The molecule has 1 N–H and O–H groups in total. The summed E-state index contributed by atoms with van der Waals surface area (Å²) >= 11 is 0. The number of amides is 1. The van der Waals surface area contributed by atoms with Crippen molar-refractivity contribution in [1.29, 1.82) is 0 Å². The van der Waals surface area contributed by atoms with Crippen LogP contribution in [0.2, 0.25) is 0 Å². The number of carbonyl (C=O) groups is 2. The lowest BCUT2D eigenvalue weighted by atomic mass is 10.2. The van der Waals surface area contributed by atoms with Gasteiger partial charge in [-0.2, -0.15) is 0 Å². The van der Waals surface area contributed by atoms with Crippen molar-refractivity contribution in [2.24, 2.45) is 0 Å².